The summed E-state index contributed by atoms with van der Waals surface area (Å²) in [5.74, 6) is 0.636. The van der Waals surface area contributed by atoms with Gasteiger partial charge in [-0.15, -0.1) is 0 Å². The van der Waals surface area contributed by atoms with Crippen molar-refractivity contribution in [3.63, 3.8) is 0 Å². The smallest absolute Gasteiger partial charge is 0.192 e. The Labute approximate surface area is 97.7 Å². The number of aromatic nitrogens is 3. The molecule has 0 aliphatic rings. The van der Waals surface area contributed by atoms with Gasteiger partial charge in [-0.3, -0.25) is 4.68 Å². The van der Waals surface area contributed by atoms with E-state index >= 15 is 0 Å². The number of hydrogen-bond acceptors (Lipinski definition) is 4. The molecule has 1 aromatic carbocycles. The highest BCUT2D eigenvalue weighted by molar-refractivity contribution is 6.00. The third-order valence-electron chi connectivity index (χ3n) is 2.70. The highest BCUT2D eigenvalue weighted by atomic mass is 16.3. The third-order valence-corrected chi connectivity index (χ3v) is 2.70. The second-order valence-electron chi connectivity index (χ2n) is 4.26. The van der Waals surface area contributed by atoms with Crippen LogP contribution in [0.5, 0.6) is 0 Å². The molecule has 2 heterocycles. The summed E-state index contributed by atoms with van der Waals surface area (Å²) in [4.78, 5) is 4.37. The van der Waals surface area contributed by atoms with E-state index in [9.17, 15) is 5.11 Å². The molecule has 0 saturated carbocycles. The lowest BCUT2D eigenvalue weighted by atomic mass is 10.2. The minimum absolute atomic E-state index is 0.443. The number of aliphatic hydroxyl groups excluding tert-OH is 1. The van der Waals surface area contributed by atoms with Crippen LogP contribution in [0.3, 0.4) is 0 Å². The van der Waals surface area contributed by atoms with Crippen molar-refractivity contribution in [3.8, 4) is 0 Å². The first-order valence-corrected chi connectivity index (χ1v) is 5.55. The van der Waals surface area contributed by atoms with Crippen molar-refractivity contribution in [3.05, 3.63) is 24.2 Å². The molecule has 17 heavy (non-hydrogen) atoms. The fraction of sp³-hybridized carbons (Fsp3) is 0.333. The summed E-state index contributed by atoms with van der Waals surface area (Å²) in [6.45, 7) is 4.01. The Morgan fingerprint density at radius 1 is 1.47 bits per heavy atom. The van der Waals surface area contributed by atoms with Crippen molar-refractivity contribution >= 4 is 22.0 Å². The summed E-state index contributed by atoms with van der Waals surface area (Å²) in [5, 5.41) is 14.7. The maximum atomic E-state index is 9.46. The number of nitrogens with zero attached hydrogens (tertiary/aromatic N) is 3. The van der Waals surface area contributed by atoms with E-state index in [1.165, 1.54) is 0 Å². The molecule has 5 nitrogen and oxygen atoms in total. The fourth-order valence-electron chi connectivity index (χ4n) is 2.06. The van der Waals surface area contributed by atoms with Crippen LogP contribution < -0.4 is 0 Å². The zero-order valence-electron chi connectivity index (χ0n) is 9.71. The Bertz CT molecular complexity index is 681. The fourth-order valence-corrected chi connectivity index (χ4v) is 2.06. The molecule has 0 aliphatic heterocycles. The van der Waals surface area contributed by atoms with Gasteiger partial charge in [0.1, 0.15) is 5.52 Å². The van der Waals surface area contributed by atoms with Crippen LogP contribution in [0.1, 0.15) is 12.8 Å². The molecule has 3 aromatic rings. The molecule has 0 radical (unpaired) electrons. The van der Waals surface area contributed by atoms with E-state index in [-0.39, 0.29) is 0 Å². The lowest BCUT2D eigenvalue weighted by Crippen LogP contribution is -2.12. The molecule has 0 amide bonds. The second-order valence-corrected chi connectivity index (χ2v) is 4.26. The number of rotatable bonds is 2. The maximum Gasteiger partial charge on any atom is 0.192 e. The van der Waals surface area contributed by atoms with E-state index in [4.69, 9.17) is 4.42 Å². The van der Waals surface area contributed by atoms with Crippen LogP contribution in [0, 0.1) is 6.92 Å². The Morgan fingerprint density at radius 2 is 2.29 bits per heavy atom. The molecule has 1 unspecified atom stereocenters. The molecule has 1 atom stereocenters. The van der Waals surface area contributed by atoms with Crippen molar-refractivity contribution in [1.82, 2.24) is 14.8 Å². The zero-order valence-corrected chi connectivity index (χ0v) is 9.71. The van der Waals surface area contributed by atoms with Gasteiger partial charge >= 0.3 is 0 Å². The zero-order chi connectivity index (χ0) is 12.0. The molecule has 0 fully saturated rings. The first kappa shape index (κ1) is 10.3. The van der Waals surface area contributed by atoms with E-state index in [2.05, 4.69) is 10.1 Å². The number of fused-ring (bicyclic) bond motifs is 3. The predicted octanol–water partition coefficient (Wildman–Crippen LogP) is 1.87. The molecule has 1 N–H and O–H groups in total. The van der Waals surface area contributed by atoms with Gasteiger partial charge in [-0.2, -0.15) is 5.10 Å². The van der Waals surface area contributed by atoms with Crippen LogP contribution in [0.2, 0.25) is 0 Å². The van der Waals surface area contributed by atoms with E-state index in [1.807, 2.05) is 19.1 Å². The average Bonchev–Trinajstić information content (AvgIpc) is 2.79. The van der Waals surface area contributed by atoms with Crippen LogP contribution in [0.15, 0.2) is 22.7 Å². The van der Waals surface area contributed by atoms with Gasteiger partial charge in [-0.05, 0) is 19.1 Å². The molecule has 3 rings (SSSR count). The molecule has 0 saturated heterocycles. The molecule has 0 bridgehead atoms. The average molecular weight is 231 g/mol. The predicted molar refractivity (Wildman–Crippen MR) is 63.7 cm³/mol. The summed E-state index contributed by atoms with van der Waals surface area (Å²) in [5.41, 5.74) is 2.47. The summed E-state index contributed by atoms with van der Waals surface area (Å²) >= 11 is 0. The second kappa shape index (κ2) is 3.56. The van der Waals surface area contributed by atoms with Gasteiger partial charge in [0.2, 0.25) is 0 Å². The molecule has 0 spiro atoms. The van der Waals surface area contributed by atoms with E-state index < -0.39 is 6.10 Å². The van der Waals surface area contributed by atoms with Crippen LogP contribution in [-0.4, -0.2) is 26.0 Å². The van der Waals surface area contributed by atoms with Crippen molar-refractivity contribution < 1.29 is 9.52 Å². The SMILES string of the molecule is Cc1nc2c(ccc3cnn(CC(C)O)c32)o1. The van der Waals surface area contributed by atoms with Gasteiger partial charge in [0.25, 0.3) is 0 Å². The van der Waals surface area contributed by atoms with Crippen molar-refractivity contribution in [1.29, 1.82) is 0 Å². The standard InChI is InChI=1S/C12H13N3O2/c1-7(16)6-15-12-9(5-13-15)3-4-10-11(12)14-8(2)17-10/h3-5,7,16H,6H2,1-2H3. The van der Waals surface area contributed by atoms with Gasteiger partial charge < -0.3 is 9.52 Å². The Hall–Kier alpha value is -1.88. The molecular formula is C12H13N3O2. The minimum atomic E-state index is -0.443. The van der Waals surface area contributed by atoms with Crippen molar-refractivity contribution in [2.24, 2.45) is 0 Å². The maximum absolute atomic E-state index is 9.46. The van der Waals surface area contributed by atoms with E-state index in [1.54, 1.807) is 17.8 Å². The lowest BCUT2D eigenvalue weighted by molar-refractivity contribution is 0.170. The number of aryl methyl sites for hydroxylation is 1. The Morgan fingerprint density at radius 3 is 3.06 bits per heavy atom. The van der Waals surface area contributed by atoms with Gasteiger partial charge in [-0.25, -0.2) is 4.98 Å². The van der Waals surface area contributed by atoms with Crippen LogP contribution in [-0.2, 0) is 6.54 Å². The Kier molecular flexibility index (Phi) is 2.16. The normalized spacial score (nSPS) is 13.6. The quantitative estimate of drug-likeness (QED) is 0.731. The molecule has 88 valence electrons. The number of oxazole rings is 1. The number of hydrogen-bond donors (Lipinski definition) is 1. The van der Waals surface area contributed by atoms with Gasteiger partial charge in [0.05, 0.1) is 24.4 Å². The third kappa shape index (κ3) is 1.59. The monoisotopic (exact) mass is 231 g/mol. The first-order valence-electron chi connectivity index (χ1n) is 5.55. The molecule has 0 aliphatic carbocycles. The van der Waals surface area contributed by atoms with Crippen molar-refractivity contribution in [2.45, 2.75) is 26.5 Å². The molecule has 5 heteroatoms. The van der Waals surface area contributed by atoms with E-state index in [0.717, 1.165) is 22.0 Å². The van der Waals surface area contributed by atoms with Gasteiger partial charge in [0, 0.05) is 12.3 Å². The summed E-state index contributed by atoms with van der Waals surface area (Å²) in [7, 11) is 0. The van der Waals surface area contributed by atoms with Gasteiger partial charge in [-0.1, -0.05) is 0 Å². The topological polar surface area (TPSA) is 64.1 Å². The lowest BCUT2D eigenvalue weighted by Gasteiger charge is -2.05. The largest absolute Gasteiger partial charge is 0.441 e. The molecular weight excluding hydrogens is 218 g/mol. The van der Waals surface area contributed by atoms with Crippen LogP contribution in [0.25, 0.3) is 22.0 Å². The number of aliphatic hydroxyl groups is 1. The minimum Gasteiger partial charge on any atom is -0.441 e. The van der Waals surface area contributed by atoms with E-state index in [0.29, 0.717) is 12.4 Å². The van der Waals surface area contributed by atoms with Crippen molar-refractivity contribution in [2.75, 3.05) is 0 Å². The van der Waals surface area contributed by atoms with Crippen LogP contribution in [0.4, 0.5) is 0 Å². The Balaban J connectivity index is 2.33. The highest BCUT2D eigenvalue weighted by Gasteiger charge is 2.12. The van der Waals surface area contributed by atoms with Crippen LogP contribution >= 0.6 is 0 Å². The summed E-state index contributed by atoms with van der Waals surface area (Å²) < 4.78 is 7.26. The molecule has 2 aromatic heterocycles. The highest BCUT2D eigenvalue weighted by Crippen LogP contribution is 2.25. The summed E-state index contributed by atoms with van der Waals surface area (Å²) in [6, 6.07) is 3.85. The number of benzene rings is 1. The first-order chi connectivity index (χ1) is 8.15. The van der Waals surface area contributed by atoms with Gasteiger partial charge in [0.15, 0.2) is 11.5 Å². The summed E-state index contributed by atoms with van der Waals surface area (Å²) in [6.07, 6.45) is 1.34.